The number of hydrogen-bond acceptors (Lipinski definition) is 4. The summed E-state index contributed by atoms with van der Waals surface area (Å²) in [4.78, 5) is 22.3. The molecule has 2 aromatic rings. The van der Waals surface area contributed by atoms with Crippen molar-refractivity contribution < 1.29 is 18.0 Å². The second-order valence-electron chi connectivity index (χ2n) is 5.54. The largest absolute Gasteiger partial charge is 0.417 e. The minimum atomic E-state index is -4.47. The van der Waals surface area contributed by atoms with Gasteiger partial charge in [-0.2, -0.15) is 13.2 Å². The molecule has 3 heterocycles. The molecule has 2 aromatic heterocycles. The normalized spacial score (nSPS) is 18.7. The first-order chi connectivity index (χ1) is 11.4. The molecule has 128 valence electrons. The first-order valence-electron chi connectivity index (χ1n) is 7.40. The molecule has 1 N–H and O–H groups in total. The summed E-state index contributed by atoms with van der Waals surface area (Å²) in [7, 11) is 1.83. The number of pyridine rings is 1. The third-order valence-corrected chi connectivity index (χ3v) is 3.97. The van der Waals surface area contributed by atoms with E-state index in [0.29, 0.717) is 31.7 Å². The minimum Gasteiger partial charge on any atom is -0.336 e. The predicted octanol–water partition coefficient (Wildman–Crippen LogP) is 1.62. The van der Waals surface area contributed by atoms with E-state index in [1.807, 2.05) is 11.6 Å². The fourth-order valence-electron chi connectivity index (χ4n) is 2.71. The number of hydrogen-bond donors (Lipinski definition) is 1. The number of imidazole rings is 1. The first-order valence-corrected chi connectivity index (χ1v) is 7.40. The summed E-state index contributed by atoms with van der Waals surface area (Å²) in [6, 6.07) is 1.69. The molecule has 1 unspecified atom stereocenters. The monoisotopic (exact) mass is 339 g/mol. The average Bonchev–Trinajstić information content (AvgIpc) is 2.99. The van der Waals surface area contributed by atoms with Crippen LogP contribution in [0.2, 0.25) is 0 Å². The average molecular weight is 339 g/mol. The van der Waals surface area contributed by atoms with E-state index in [0.717, 1.165) is 12.1 Å². The number of carbonyl (C=O) groups is 1. The Labute approximate surface area is 136 Å². The highest BCUT2D eigenvalue weighted by molar-refractivity contribution is 5.92. The lowest BCUT2D eigenvalue weighted by Crippen LogP contribution is -2.49. The van der Waals surface area contributed by atoms with Crippen molar-refractivity contribution in [2.75, 3.05) is 19.6 Å². The Hall–Kier alpha value is -2.42. The molecule has 0 bridgehead atoms. The van der Waals surface area contributed by atoms with Crippen LogP contribution in [0.4, 0.5) is 13.2 Å². The molecule has 9 heteroatoms. The number of halogens is 3. The SMILES string of the molecule is Cn1ccnc1C1CNCCN1C(=O)c1ccc(C(F)(F)F)cn1. The molecule has 24 heavy (non-hydrogen) atoms. The van der Waals surface area contributed by atoms with Crippen molar-refractivity contribution in [2.24, 2.45) is 7.05 Å². The van der Waals surface area contributed by atoms with Gasteiger partial charge in [0.05, 0.1) is 5.56 Å². The van der Waals surface area contributed by atoms with E-state index in [2.05, 4.69) is 15.3 Å². The molecule has 1 aliphatic heterocycles. The Morgan fingerprint density at radius 2 is 2.12 bits per heavy atom. The van der Waals surface area contributed by atoms with E-state index >= 15 is 0 Å². The van der Waals surface area contributed by atoms with Crippen LogP contribution in [0.25, 0.3) is 0 Å². The van der Waals surface area contributed by atoms with E-state index in [-0.39, 0.29) is 11.7 Å². The van der Waals surface area contributed by atoms with Gasteiger partial charge in [0.2, 0.25) is 0 Å². The number of aromatic nitrogens is 3. The van der Waals surface area contributed by atoms with Crippen LogP contribution in [-0.2, 0) is 13.2 Å². The maximum atomic E-state index is 12.7. The van der Waals surface area contributed by atoms with Crippen LogP contribution in [0.15, 0.2) is 30.7 Å². The Morgan fingerprint density at radius 3 is 2.71 bits per heavy atom. The van der Waals surface area contributed by atoms with Crippen molar-refractivity contribution in [3.63, 3.8) is 0 Å². The number of rotatable bonds is 2. The zero-order chi connectivity index (χ0) is 17.3. The number of nitrogens with zero attached hydrogens (tertiary/aromatic N) is 4. The van der Waals surface area contributed by atoms with Crippen LogP contribution in [0, 0.1) is 0 Å². The summed E-state index contributed by atoms with van der Waals surface area (Å²) >= 11 is 0. The van der Waals surface area contributed by atoms with Gasteiger partial charge >= 0.3 is 6.18 Å². The summed E-state index contributed by atoms with van der Waals surface area (Å²) < 4.78 is 39.7. The van der Waals surface area contributed by atoms with Crippen molar-refractivity contribution in [1.82, 2.24) is 24.8 Å². The first kappa shape index (κ1) is 16.4. The maximum absolute atomic E-state index is 12.7. The van der Waals surface area contributed by atoms with Crippen molar-refractivity contribution in [3.05, 3.63) is 47.8 Å². The van der Waals surface area contributed by atoms with E-state index in [9.17, 15) is 18.0 Å². The summed E-state index contributed by atoms with van der Waals surface area (Å²) in [6.45, 7) is 1.56. The van der Waals surface area contributed by atoms with Gasteiger partial charge in [-0.05, 0) is 12.1 Å². The lowest BCUT2D eigenvalue weighted by atomic mass is 10.1. The summed E-state index contributed by atoms with van der Waals surface area (Å²) in [5, 5.41) is 3.20. The molecule has 1 saturated heterocycles. The van der Waals surface area contributed by atoms with E-state index in [1.165, 1.54) is 0 Å². The highest BCUT2D eigenvalue weighted by atomic mass is 19.4. The van der Waals surface area contributed by atoms with Crippen LogP contribution in [0.3, 0.4) is 0 Å². The standard InChI is InChI=1S/C15H16F3N5O/c1-22-6-5-20-13(22)12-9-19-4-7-23(12)14(24)11-3-2-10(8-21-11)15(16,17)18/h2-3,5-6,8,12,19H,4,7,9H2,1H3. The highest BCUT2D eigenvalue weighted by Gasteiger charge is 2.33. The molecule has 0 radical (unpaired) electrons. The van der Waals surface area contributed by atoms with Gasteiger partial charge in [-0.25, -0.2) is 4.98 Å². The van der Waals surface area contributed by atoms with Gasteiger partial charge in [-0.1, -0.05) is 0 Å². The molecular weight excluding hydrogens is 323 g/mol. The molecule has 0 spiro atoms. The lowest BCUT2D eigenvalue weighted by molar-refractivity contribution is -0.137. The van der Waals surface area contributed by atoms with Gasteiger partial charge in [-0.3, -0.25) is 9.78 Å². The van der Waals surface area contributed by atoms with E-state index in [4.69, 9.17) is 0 Å². The molecule has 1 amide bonds. The third kappa shape index (κ3) is 3.12. The van der Waals surface area contributed by atoms with Gasteiger partial charge in [0, 0.05) is 45.3 Å². The van der Waals surface area contributed by atoms with E-state index in [1.54, 1.807) is 17.3 Å². The van der Waals surface area contributed by atoms with Gasteiger partial charge < -0.3 is 14.8 Å². The molecule has 0 aromatic carbocycles. The van der Waals surface area contributed by atoms with Crippen LogP contribution < -0.4 is 5.32 Å². The number of aryl methyl sites for hydroxylation is 1. The Bertz CT molecular complexity index is 725. The number of alkyl halides is 3. The zero-order valence-electron chi connectivity index (χ0n) is 12.9. The minimum absolute atomic E-state index is 0.0101. The second-order valence-corrected chi connectivity index (χ2v) is 5.54. The lowest BCUT2D eigenvalue weighted by Gasteiger charge is -2.35. The third-order valence-electron chi connectivity index (χ3n) is 3.97. The number of carbonyl (C=O) groups excluding carboxylic acids is 1. The molecule has 0 aliphatic carbocycles. The van der Waals surface area contributed by atoms with Crippen molar-refractivity contribution >= 4 is 5.91 Å². The summed E-state index contributed by atoms with van der Waals surface area (Å²) in [5.74, 6) is 0.306. The molecule has 1 atom stereocenters. The fraction of sp³-hybridized carbons (Fsp3) is 0.400. The van der Waals surface area contributed by atoms with Crippen LogP contribution in [-0.4, -0.2) is 45.0 Å². The molecular formula is C15H16F3N5O. The fourth-order valence-corrected chi connectivity index (χ4v) is 2.71. The maximum Gasteiger partial charge on any atom is 0.417 e. The highest BCUT2D eigenvalue weighted by Crippen LogP contribution is 2.29. The quantitative estimate of drug-likeness (QED) is 0.903. The Kier molecular flexibility index (Phi) is 4.27. The summed E-state index contributed by atoms with van der Waals surface area (Å²) in [6.07, 6.45) is -0.365. The molecule has 1 aliphatic rings. The predicted molar refractivity (Wildman–Crippen MR) is 79.1 cm³/mol. The smallest absolute Gasteiger partial charge is 0.336 e. The van der Waals surface area contributed by atoms with E-state index < -0.39 is 17.6 Å². The summed E-state index contributed by atoms with van der Waals surface area (Å²) in [5.41, 5.74) is -0.885. The molecule has 6 nitrogen and oxygen atoms in total. The van der Waals surface area contributed by atoms with Crippen molar-refractivity contribution in [1.29, 1.82) is 0 Å². The topological polar surface area (TPSA) is 63.1 Å². The number of piperazine rings is 1. The Balaban J connectivity index is 1.86. The number of nitrogens with one attached hydrogen (secondary N) is 1. The molecule has 1 fully saturated rings. The molecule has 3 rings (SSSR count). The van der Waals surface area contributed by atoms with Gasteiger partial charge in [0.25, 0.3) is 5.91 Å². The Morgan fingerprint density at radius 1 is 1.33 bits per heavy atom. The molecule has 0 saturated carbocycles. The van der Waals surface area contributed by atoms with Gasteiger partial charge in [0.1, 0.15) is 17.6 Å². The van der Waals surface area contributed by atoms with Crippen molar-refractivity contribution in [2.45, 2.75) is 12.2 Å². The second kappa shape index (κ2) is 6.23. The number of amides is 1. The zero-order valence-corrected chi connectivity index (χ0v) is 12.9. The van der Waals surface area contributed by atoms with Gasteiger partial charge in [-0.15, -0.1) is 0 Å². The van der Waals surface area contributed by atoms with Crippen LogP contribution >= 0.6 is 0 Å². The van der Waals surface area contributed by atoms with Crippen LogP contribution in [0.5, 0.6) is 0 Å². The van der Waals surface area contributed by atoms with Gasteiger partial charge in [0.15, 0.2) is 0 Å². The van der Waals surface area contributed by atoms with Crippen LogP contribution in [0.1, 0.15) is 27.9 Å². The van der Waals surface area contributed by atoms with Crippen molar-refractivity contribution in [3.8, 4) is 0 Å².